The van der Waals surface area contributed by atoms with Gasteiger partial charge in [0.05, 0.1) is 42.3 Å². The van der Waals surface area contributed by atoms with E-state index in [0.717, 1.165) is 63.4 Å². The first-order valence-corrected chi connectivity index (χ1v) is 37.0. The number of amides is 2. The van der Waals surface area contributed by atoms with Crippen molar-refractivity contribution in [3.8, 4) is 0 Å². The van der Waals surface area contributed by atoms with Gasteiger partial charge in [-0.1, -0.05) is 86.2 Å². The fraction of sp³-hybridized carbons (Fsp3) is 0.606. The van der Waals surface area contributed by atoms with Crippen molar-refractivity contribution in [3.05, 3.63) is 115 Å². The van der Waals surface area contributed by atoms with E-state index in [2.05, 4.69) is 53.6 Å². The number of ketones is 1. The molecule has 2 amide bonds. The van der Waals surface area contributed by atoms with E-state index < -0.39 is 82.9 Å². The van der Waals surface area contributed by atoms with Crippen LogP contribution in [0, 0.1) is 39.7 Å². The predicted molar refractivity (Wildman–Crippen MR) is 355 cm³/mol. The number of nitrogens with two attached hydrogens (primary N) is 1. The topological polar surface area (TPSA) is 263 Å². The number of hydrogen-bond acceptors (Lipinski definition) is 14. The Bertz CT molecular complexity index is 3700. The van der Waals surface area contributed by atoms with Crippen molar-refractivity contribution in [2.24, 2.45) is 33.8 Å². The molecule has 12 rings (SSSR count). The lowest BCUT2D eigenvalue weighted by Crippen LogP contribution is -2.61. The number of halogens is 7. The number of nitrogens with one attached hydrogen (secondary N) is 3. The van der Waals surface area contributed by atoms with Crippen LogP contribution in [0.25, 0.3) is 0 Å². The molecule has 0 radical (unpaired) electrons. The Kier molecular flexibility index (Phi) is 21.5. The maximum Gasteiger partial charge on any atom is 0.321 e. The number of nitrogens with zero attached hydrogens (tertiary/aromatic N) is 2. The first-order valence-electron chi connectivity index (χ1n) is 31.4. The van der Waals surface area contributed by atoms with Gasteiger partial charge >= 0.3 is 5.97 Å². The van der Waals surface area contributed by atoms with Gasteiger partial charge in [0.15, 0.2) is 21.9 Å². The Hall–Kier alpha value is -4.13. The zero-order valence-corrected chi connectivity index (χ0v) is 58.0. The number of aromatic nitrogens is 2. The van der Waals surface area contributed by atoms with E-state index in [1.54, 1.807) is 36.4 Å². The van der Waals surface area contributed by atoms with E-state index in [1.807, 2.05) is 6.07 Å². The second kappa shape index (κ2) is 27.4. The van der Waals surface area contributed by atoms with Crippen molar-refractivity contribution in [3.63, 3.8) is 0 Å². The zero-order valence-electron chi connectivity index (χ0n) is 52.5. The molecule has 7 heterocycles. The van der Waals surface area contributed by atoms with Crippen LogP contribution >= 0.6 is 58.8 Å². The van der Waals surface area contributed by atoms with Crippen molar-refractivity contribution >= 4 is 113 Å². The van der Waals surface area contributed by atoms with E-state index in [4.69, 9.17) is 61.6 Å². The average molecular weight is 1420 g/mol. The summed E-state index contributed by atoms with van der Waals surface area (Å²) < 4.78 is 87.9. The van der Waals surface area contributed by atoms with Gasteiger partial charge in [0.1, 0.15) is 36.9 Å². The number of hydrogen-bond donors (Lipinski definition) is 5. The number of pyridine rings is 2. The van der Waals surface area contributed by atoms with Crippen LogP contribution in [0.15, 0.2) is 60.9 Å². The van der Waals surface area contributed by atoms with E-state index >= 15 is 8.78 Å². The van der Waals surface area contributed by atoms with E-state index in [1.165, 1.54) is 31.0 Å². The van der Waals surface area contributed by atoms with Crippen molar-refractivity contribution in [1.82, 2.24) is 15.3 Å². The number of ether oxygens (including phenoxy) is 2. The third-order valence-corrected chi connectivity index (χ3v) is 24.4. The standard InChI is InChI=1S/C34H41Cl2FN2O5S.C24H24Cl2FN3O3.C8H17NO3S.ClH/c1-32(2)10-12-33(13-11-32)18-24(27(40)16-20-4-6-22(44-19-20)9-15-45(3,42)43)28(23-8-14-38-30(36)29(23)37)34(33)25-7-5-21(35)17-26(25)39-31(34)41;1-22(2)6-8-23(9-7-22)24(14-4-3-12(25)11-15(14)29-21(24)33)16(18(30-23)20(31)32)13-5-10-28-19(26)17(13)27;1-13(10,11)5-4-8-3-2-7(9)6-12-8;/h5,7-8,14,17,20,22,24,28H,4,6,9-13,15-16,18-19H2,1-3H3,(H,39,41);3-5,10-11,16,18,30H,6-9H2,1-2H3,(H,29,33)(H,31,32);7-8H,2-6,9H2,1H3;1H/t20-,22-,24-,28-,34+;16-,18+,24?;7-,8+;/m001./s1. The normalized spacial score (nSPS) is 29.7. The molecule has 6 N–H and O–H groups in total. The molecule has 3 saturated carbocycles. The summed E-state index contributed by atoms with van der Waals surface area (Å²) in [5.74, 6) is -5.45. The second-order valence-corrected chi connectivity index (χ2v) is 34.6. The summed E-state index contributed by atoms with van der Waals surface area (Å²) in [6.45, 7) is 9.72. The first-order chi connectivity index (χ1) is 42.7. The smallest absolute Gasteiger partial charge is 0.321 e. The van der Waals surface area contributed by atoms with Gasteiger partial charge in [0, 0.05) is 82.1 Å². The van der Waals surface area contributed by atoms with Crippen LogP contribution < -0.4 is 21.7 Å². The molecule has 1 unspecified atom stereocenters. The maximum atomic E-state index is 16.1. The van der Waals surface area contributed by atoms with Crippen molar-refractivity contribution in [2.75, 3.05) is 47.9 Å². The van der Waals surface area contributed by atoms with Crippen LogP contribution in [-0.2, 0) is 59.2 Å². The van der Waals surface area contributed by atoms with Gasteiger partial charge < -0.3 is 30.9 Å². The molecule has 5 aliphatic heterocycles. The van der Waals surface area contributed by atoms with E-state index in [0.29, 0.717) is 78.7 Å². The number of carbonyl (C=O) groups is 4. The third kappa shape index (κ3) is 14.0. The highest BCUT2D eigenvalue weighted by molar-refractivity contribution is 7.90. The van der Waals surface area contributed by atoms with Gasteiger partial charge in [0.2, 0.25) is 11.8 Å². The molecule has 2 aromatic heterocycles. The van der Waals surface area contributed by atoms with Crippen molar-refractivity contribution < 1.29 is 59.4 Å². The molecule has 8 aliphatic rings. The zero-order chi connectivity index (χ0) is 66.0. The molecular formula is C66H83Cl5F2N6O11S2. The molecule has 92 heavy (non-hydrogen) atoms. The van der Waals surface area contributed by atoms with Gasteiger partial charge in [-0.2, -0.15) is 0 Å². The minimum Gasteiger partial charge on any atom is -0.480 e. The quantitative estimate of drug-likeness (QED) is 0.0826. The van der Waals surface area contributed by atoms with Crippen molar-refractivity contribution in [1.29, 1.82) is 0 Å². The lowest BCUT2D eigenvalue weighted by molar-refractivity contribution is -0.139. The molecule has 10 atom stereocenters. The second-order valence-electron chi connectivity index (χ2n) is 28.5. The number of carboxylic acid groups (broad SMARTS) is 1. The molecular weight excluding hydrogens is 1330 g/mol. The number of fused-ring (bicyclic) bond motifs is 6. The number of anilines is 2. The predicted octanol–water partition coefficient (Wildman–Crippen LogP) is 12.5. The number of benzene rings is 2. The molecule has 6 fully saturated rings. The molecule has 504 valence electrons. The number of aliphatic carboxylic acids is 1. The molecule has 3 saturated heterocycles. The van der Waals surface area contributed by atoms with Crippen LogP contribution in [0.1, 0.15) is 165 Å². The summed E-state index contributed by atoms with van der Waals surface area (Å²) in [4.78, 5) is 63.5. The molecule has 26 heteroatoms. The number of carboxylic acids is 1. The highest BCUT2D eigenvalue weighted by Gasteiger charge is 2.74. The number of sulfone groups is 2. The van der Waals surface area contributed by atoms with Crippen molar-refractivity contribution in [2.45, 2.75) is 183 Å². The Morgan fingerprint density at radius 1 is 0.663 bits per heavy atom. The van der Waals surface area contributed by atoms with Crippen LogP contribution in [0.4, 0.5) is 20.2 Å². The summed E-state index contributed by atoms with van der Waals surface area (Å²) in [6, 6.07) is 12.4. The number of rotatable bonds is 12. The van der Waals surface area contributed by atoms with Gasteiger partial charge in [0.25, 0.3) is 0 Å². The third-order valence-electron chi connectivity index (χ3n) is 21.4. The van der Waals surface area contributed by atoms with E-state index in [9.17, 15) is 41.1 Å². The average Bonchev–Trinajstić information content (AvgIpc) is 1.51. The lowest BCUT2D eigenvalue weighted by atomic mass is 9.51. The summed E-state index contributed by atoms with van der Waals surface area (Å²) in [6.07, 6.45) is 16.1. The summed E-state index contributed by atoms with van der Waals surface area (Å²) in [7, 11) is -5.93. The fourth-order valence-corrected chi connectivity index (χ4v) is 18.7. The Balaban J connectivity index is 0.000000186. The van der Waals surface area contributed by atoms with Gasteiger partial charge in [-0.15, -0.1) is 12.4 Å². The maximum absolute atomic E-state index is 16.1. The summed E-state index contributed by atoms with van der Waals surface area (Å²) in [5.41, 5.74) is 4.57. The molecule has 17 nitrogen and oxygen atoms in total. The molecule has 3 aliphatic carbocycles. The van der Waals surface area contributed by atoms with Gasteiger partial charge in [-0.05, 0) is 177 Å². The van der Waals surface area contributed by atoms with Crippen LogP contribution in [-0.4, -0.2) is 123 Å². The van der Waals surface area contributed by atoms with Crippen LogP contribution in [0.5, 0.6) is 0 Å². The minimum absolute atomic E-state index is 0. The SMILES string of the molecule is CC1(C)CCC2(CC1)C[C@@H](C(=O)C[C@@H]1CC[C@@H](CCS(C)(=O)=O)OC1)[C@H](c1ccnc(Cl)c1F)[C@]21C(=O)Nc2cc(Cl)ccc21.CC1(C)CCC2(CC1)N[C@@H](C(=O)O)[C@H](c1ccnc(Cl)c1F)C21C(=O)Nc2cc(Cl)ccc21.CS(=O)(=O)CC[C@@H]1CC[C@@H](N)CO1.Cl. The Morgan fingerprint density at radius 3 is 1.60 bits per heavy atom. The Morgan fingerprint density at radius 2 is 1.13 bits per heavy atom. The van der Waals surface area contributed by atoms with Crippen LogP contribution in [0.3, 0.4) is 0 Å². The monoisotopic (exact) mass is 1410 g/mol. The first kappa shape index (κ1) is 72.1. The molecule has 4 aromatic rings. The highest BCUT2D eigenvalue weighted by Crippen LogP contribution is 2.73. The molecule has 4 spiro atoms. The lowest BCUT2D eigenvalue weighted by Gasteiger charge is -2.51. The summed E-state index contributed by atoms with van der Waals surface area (Å²) in [5, 5.41) is 19.9. The largest absolute Gasteiger partial charge is 0.480 e. The fourth-order valence-electron chi connectivity index (χ4n) is 16.6. The van der Waals surface area contributed by atoms with Gasteiger partial charge in [-0.3, -0.25) is 24.5 Å². The summed E-state index contributed by atoms with van der Waals surface area (Å²) >= 11 is 24.9. The Labute approximate surface area is 564 Å². The van der Waals surface area contributed by atoms with Crippen LogP contribution in [0.2, 0.25) is 20.4 Å². The minimum atomic E-state index is -3.09. The van der Waals surface area contributed by atoms with E-state index in [-0.39, 0.29) is 104 Å². The van der Waals surface area contributed by atoms with Gasteiger partial charge in [-0.25, -0.2) is 35.6 Å². The number of Topliss-reactive ketones (excluding diaryl/α,β-unsaturated/α-hetero) is 1. The molecule has 2 aromatic carbocycles. The highest BCUT2D eigenvalue weighted by atomic mass is 35.5. The molecule has 0 bridgehead atoms. The number of carbonyl (C=O) groups excluding carboxylic acids is 3.